The minimum Gasteiger partial charge on any atom is -0.434 e. The van der Waals surface area contributed by atoms with E-state index in [0.717, 1.165) is 19.3 Å². The maximum absolute atomic E-state index is 13.6. The summed E-state index contributed by atoms with van der Waals surface area (Å²) in [6.07, 6.45) is 0.877. The number of hydrogen-bond donors (Lipinski definition) is 2. The van der Waals surface area contributed by atoms with Gasteiger partial charge in [-0.3, -0.25) is 9.36 Å². The normalized spacial score (nSPS) is 35.2. The molecule has 1 aromatic carbocycles. The van der Waals surface area contributed by atoms with Crippen molar-refractivity contribution >= 4 is 19.6 Å². The zero-order valence-electron chi connectivity index (χ0n) is 27.1. The largest absolute Gasteiger partial charge is 0.434 e. The summed E-state index contributed by atoms with van der Waals surface area (Å²) in [6, 6.07) is 8.24. The number of fused-ring (bicyclic) bond motifs is 2. The molecule has 1 saturated carbocycles. The first-order valence-corrected chi connectivity index (χ1v) is 17.8. The predicted molar refractivity (Wildman–Crippen MR) is 165 cm³/mol. The second kappa shape index (κ2) is 14.4. The van der Waals surface area contributed by atoms with Gasteiger partial charge >= 0.3 is 13.7 Å². The Kier molecular flexibility index (Phi) is 11.0. The van der Waals surface area contributed by atoms with E-state index >= 15 is 0 Å². The molecule has 14 heteroatoms. The van der Waals surface area contributed by atoms with Crippen LogP contribution >= 0.6 is 7.60 Å². The summed E-state index contributed by atoms with van der Waals surface area (Å²) < 4.78 is 48.1. The van der Waals surface area contributed by atoms with Gasteiger partial charge in [0, 0.05) is 24.1 Å². The molecule has 1 aliphatic carbocycles. The summed E-state index contributed by atoms with van der Waals surface area (Å²) in [7, 11) is -3.57. The monoisotopic (exact) mass is 666 g/mol. The molecule has 46 heavy (non-hydrogen) atoms. The van der Waals surface area contributed by atoms with Crippen LogP contribution in [0, 0.1) is 23.7 Å². The molecule has 10 atom stereocenters. The van der Waals surface area contributed by atoms with E-state index in [2.05, 4.69) is 12.2 Å². The number of carbonyl (C=O) groups excluding carboxylic acids is 2. The molecular formula is C32H47N2O11P. The third-order valence-corrected chi connectivity index (χ3v) is 11.4. The maximum Gasteiger partial charge on any atom is 0.405 e. The number of rotatable bonds is 13. The van der Waals surface area contributed by atoms with Gasteiger partial charge in [0.1, 0.15) is 0 Å². The van der Waals surface area contributed by atoms with Crippen molar-refractivity contribution < 1.29 is 51.9 Å². The Bertz CT molecular complexity index is 1290. The lowest BCUT2D eigenvalue weighted by atomic mass is 9.58. The van der Waals surface area contributed by atoms with Crippen molar-refractivity contribution in [2.24, 2.45) is 29.4 Å². The summed E-state index contributed by atoms with van der Waals surface area (Å²) in [5, 5.41) is 2.84. The van der Waals surface area contributed by atoms with E-state index in [1.54, 1.807) is 38.1 Å². The molecule has 5 fully saturated rings. The number of ether oxygens (including phenoxy) is 4. The van der Waals surface area contributed by atoms with Gasteiger partial charge in [-0.1, -0.05) is 44.2 Å². The Balaban J connectivity index is 1.33. The Hall–Kier alpha value is -2.35. The van der Waals surface area contributed by atoms with Gasteiger partial charge in [0.25, 0.3) is 5.91 Å². The predicted octanol–water partition coefficient (Wildman–Crippen LogP) is 5.31. The lowest BCUT2D eigenvalue weighted by Crippen LogP contribution is -2.70. The van der Waals surface area contributed by atoms with Crippen LogP contribution < -0.4 is 11.1 Å². The van der Waals surface area contributed by atoms with E-state index in [9.17, 15) is 14.2 Å². The van der Waals surface area contributed by atoms with Crippen LogP contribution in [0.15, 0.2) is 42.2 Å². The fourth-order valence-electron chi connectivity index (χ4n) is 7.37. The van der Waals surface area contributed by atoms with Crippen LogP contribution in [0.25, 0.3) is 0 Å². The molecule has 0 radical (unpaired) electrons. The standard InChI is InChI=1S/C32H47N2O11P/c1-6-39-46(37,40-7-2)18-16-25(22-11-9-8-10-12-22)34-27(35)26(41-30(33)36)19-38-28-21(4)24-14-13-20(3)23-15-17-31(5)43-29(42-28)32(23,24)45-44-31/h8-12,16,18,20-21,23-26,28-29H,6-7,13-15,17,19H2,1-5H3,(H2,33,36)(H,34,35)/b18-16+/t20-,21-,23+,24+,25?,26?,28+,29-,31-,32-/m1/s1. The molecule has 1 spiro atoms. The van der Waals surface area contributed by atoms with Crippen LogP contribution in [0.3, 0.4) is 0 Å². The molecule has 256 valence electrons. The van der Waals surface area contributed by atoms with Crippen molar-refractivity contribution in [2.75, 3.05) is 19.8 Å². The number of benzene rings is 1. The third kappa shape index (κ3) is 7.22. The van der Waals surface area contributed by atoms with Crippen molar-refractivity contribution in [3.8, 4) is 0 Å². The highest BCUT2D eigenvalue weighted by molar-refractivity contribution is 7.57. The second-order valence-corrected chi connectivity index (χ2v) is 14.5. The average Bonchev–Trinajstić information content (AvgIpc) is 3.25. The zero-order chi connectivity index (χ0) is 33.1. The smallest absolute Gasteiger partial charge is 0.405 e. The first-order valence-electron chi connectivity index (χ1n) is 16.1. The van der Waals surface area contributed by atoms with Gasteiger partial charge in [-0.2, -0.15) is 0 Å². The highest BCUT2D eigenvalue weighted by Gasteiger charge is 2.69. The molecule has 0 aromatic heterocycles. The molecule has 2 bridgehead atoms. The molecular weight excluding hydrogens is 619 g/mol. The third-order valence-electron chi connectivity index (χ3n) is 9.60. The Morgan fingerprint density at radius 1 is 1.09 bits per heavy atom. The Morgan fingerprint density at radius 3 is 2.48 bits per heavy atom. The van der Waals surface area contributed by atoms with Crippen molar-refractivity contribution in [3.63, 3.8) is 0 Å². The Labute approximate surface area is 270 Å². The molecule has 4 aliphatic heterocycles. The highest BCUT2D eigenvalue weighted by Crippen LogP contribution is 2.60. The summed E-state index contributed by atoms with van der Waals surface area (Å²) >= 11 is 0. The minimum absolute atomic E-state index is 0.00315. The fraction of sp³-hybridized carbons (Fsp3) is 0.688. The second-order valence-electron chi connectivity index (χ2n) is 12.6. The van der Waals surface area contributed by atoms with Gasteiger partial charge in [0.2, 0.25) is 11.9 Å². The average molecular weight is 667 g/mol. The number of primary amides is 1. The summed E-state index contributed by atoms with van der Waals surface area (Å²) in [5.41, 5.74) is 5.27. The molecule has 4 saturated heterocycles. The summed E-state index contributed by atoms with van der Waals surface area (Å²) in [6.45, 7) is 9.51. The highest BCUT2D eigenvalue weighted by atomic mass is 31.2. The number of nitrogens with one attached hydrogen (secondary N) is 1. The van der Waals surface area contributed by atoms with Gasteiger partial charge in [-0.15, -0.1) is 0 Å². The van der Waals surface area contributed by atoms with Gasteiger partial charge in [0.05, 0.1) is 25.9 Å². The lowest BCUT2D eigenvalue weighted by Gasteiger charge is -2.60. The van der Waals surface area contributed by atoms with Gasteiger partial charge in [-0.25, -0.2) is 14.6 Å². The van der Waals surface area contributed by atoms with Crippen molar-refractivity contribution in [2.45, 2.75) is 96.4 Å². The van der Waals surface area contributed by atoms with Crippen LogP contribution in [-0.2, 0) is 47.1 Å². The fourth-order valence-corrected chi connectivity index (χ4v) is 8.72. The van der Waals surface area contributed by atoms with Crippen molar-refractivity contribution in [3.05, 3.63) is 47.8 Å². The first kappa shape index (κ1) is 35.0. The van der Waals surface area contributed by atoms with E-state index < -0.39 is 55.7 Å². The molecule has 3 N–H and O–H groups in total. The number of carbonyl (C=O) groups is 2. The van der Waals surface area contributed by atoms with E-state index in [1.165, 1.54) is 11.9 Å². The molecule has 2 amide bonds. The molecule has 4 heterocycles. The van der Waals surface area contributed by atoms with E-state index in [-0.39, 0.29) is 37.6 Å². The maximum atomic E-state index is 13.6. The van der Waals surface area contributed by atoms with E-state index in [0.29, 0.717) is 17.9 Å². The molecule has 5 aliphatic rings. The van der Waals surface area contributed by atoms with E-state index in [1.807, 2.05) is 19.9 Å². The Morgan fingerprint density at radius 2 is 1.80 bits per heavy atom. The molecule has 2 unspecified atom stereocenters. The molecule has 13 nitrogen and oxygen atoms in total. The number of nitrogens with two attached hydrogens (primary N) is 1. The quantitative estimate of drug-likeness (QED) is 0.207. The van der Waals surface area contributed by atoms with E-state index in [4.69, 9.17) is 43.5 Å². The summed E-state index contributed by atoms with van der Waals surface area (Å²) in [5.74, 6) is 0.114. The van der Waals surface area contributed by atoms with Crippen LogP contribution in [0.1, 0.15) is 71.9 Å². The zero-order valence-corrected chi connectivity index (χ0v) is 28.0. The van der Waals surface area contributed by atoms with Gasteiger partial charge < -0.3 is 39.0 Å². The number of amides is 2. The van der Waals surface area contributed by atoms with Crippen molar-refractivity contribution in [1.82, 2.24) is 5.32 Å². The van der Waals surface area contributed by atoms with Crippen LogP contribution in [0.2, 0.25) is 0 Å². The van der Waals surface area contributed by atoms with Crippen molar-refractivity contribution in [1.29, 1.82) is 0 Å². The number of hydrogen-bond acceptors (Lipinski definition) is 11. The lowest BCUT2D eigenvalue weighted by molar-refractivity contribution is -0.577. The topological polar surface area (TPSA) is 163 Å². The minimum atomic E-state index is -3.57. The van der Waals surface area contributed by atoms with Gasteiger partial charge in [-0.05, 0) is 63.5 Å². The van der Waals surface area contributed by atoms with Gasteiger partial charge in [0.15, 0.2) is 18.2 Å². The van der Waals surface area contributed by atoms with Crippen LogP contribution in [-0.4, -0.2) is 61.9 Å². The SMILES string of the molecule is CCOP(=O)(/C=C/C(NC(=O)C(CO[C@H]1O[C@@H]2O[C@@]3(C)CC[C@H]4[C@H](C)CC[C@@H]([C@H]1C)[C@@]24OO3)OC(N)=O)c1ccccc1)OCC. The van der Waals surface area contributed by atoms with Crippen LogP contribution in [0.4, 0.5) is 4.79 Å². The molecule has 1 aromatic rings. The first-order chi connectivity index (χ1) is 21.9. The summed E-state index contributed by atoms with van der Waals surface area (Å²) in [4.78, 5) is 37.6. The van der Waals surface area contributed by atoms with Crippen LogP contribution in [0.5, 0.6) is 0 Å². The molecule has 6 rings (SSSR count).